The number of quaternary nitrogens is 1. The van der Waals surface area contributed by atoms with Crippen LogP contribution in [0, 0.1) is 5.92 Å². The second kappa shape index (κ2) is 25.4. The van der Waals surface area contributed by atoms with Crippen molar-refractivity contribution in [1.29, 1.82) is 0 Å². The van der Waals surface area contributed by atoms with E-state index in [0.29, 0.717) is 23.9 Å². The average Bonchev–Trinajstić information content (AvgIpc) is 3.19. The molecule has 3 rings (SSSR count). The number of aliphatic hydroxyl groups is 1. The number of nitrogens with zero attached hydrogens (tertiary/aromatic N) is 1. The van der Waals surface area contributed by atoms with E-state index in [1.54, 1.807) is 0 Å². The minimum atomic E-state index is -4.34. The van der Waals surface area contributed by atoms with Crippen LogP contribution in [0.1, 0.15) is 81.4 Å². The van der Waals surface area contributed by atoms with Crippen molar-refractivity contribution in [2.24, 2.45) is 5.92 Å². The third-order valence-corrected chi connectivity index (χ3v) is 10.4. The van der Waals surface area contributed by atoms with E-state index in [1.165, 1.54) is 36.0 Å². The summed E-state index contributed by atoms with van der Waals surface area (Å²) in [5.74, 6) is -0.506. The van der Waals surface area contributed by atoms with Crippen LogP contribution in [0.2, 0.25) is 0 Å². The molecule has 0 amide bonds. The molecule has 3 atom stereocenters. The van der Waals surface area contributed by atoms with Crippen LogP contribution in [-0.4, -0.2) is 74.1 Å². The summed E-state index contributed by atoms with van der Waals surface area (Å²) in [4.78, 5) is 22.4. The molecule has 0 saturated heterocycles. The van der Waals surface area contributed by atoms with Crippen molar-refractivity contribution < 1.29 is 37.6 Å². The number of hydrogen-bond acceptors (Lipinski definition) is 6. The second-order valence-electron chi connectivity index (χ2n) is 15.0. The van der Waals surface area contributed by atoms with Gasteiger partial charge in [-0.15, -0.1) is 0 Å². The van der Waals surface area contributed by atoms with Gasteiger partial charge in [-0.3, -0.25) is 13.8 Å². The van der Waals surface area contributed by atoms with E-state index in [2.05, 4.69) is 147 Å². The Kier molecular flexibility index (Phi) is 21.1. The van der Waals surface area contributed by atoms with Crippen molar-refractivity contribution >= 4 is 13.8 Å². The summed E-state index contributed by atoms with van der Waals surface area (Å²) in [6.45, 7) is 1.77. The van der Waals surface area contributed by atoms with Crippen LogP contribution >= 0.6 is 7.82 Å². The molecule has 0 spiro atoms. The molecule has 0 aromatic heterocycles. The highest BCUT2D eigenvalue weighted by Gasteiger charge is 2.41. The van der Waals surface area contributed by atoms with Gasteiger partial charge in [0.2, 0.25) is 0 Å². The summed E-state index contributed by atoms with van der Waals surface area (Å²) in [5, 5.41) is 9.64. The number of carbonyl (C=O) groups excluding carboxylic acids is 1. The quantitative estimate of drug-likeness (QED) is 0.0198. The number of ether oxygens (including phenoxy) is 1. The van der Waals surface area contributed by atoms with Gasteiger partial charge in [-0.05, 0) is 55.2 Å². The van der Waals surface area contributed by atoms with Crippen LogP contribution in [0.25, 0.3) is 0 Å². The van der Waals surface area contributed by atoms with Gasteiger partial charge in [0.25, 0.3) is 0 Å². The first-order valence-electron chi connectivity index (χ1n) is 20.0. The predicted octanol–water partition coefficient (Wildman–Crippen LogP) is 10.1. The highest BCUT2D eigenvalue weighted by molar-refractivity contribution is 7.47. The van der Waals surface area contributed by atoms with Gasteiger partial charge in [0, 0.05) is 12.3 Å². The van der Waals surface area contributed by atoms with Crippen molar-refractivity contribution in [3.63, 3.8) is 0 Å². The van der Waals surface area contributed by atoms with E-state index in [4.69, 9.17) is 13.8 Å². The van der Waals surface area contributed by atoms with Crippen LogP contribution in [-0.2, 0) is 28.6 Å². The van der Waals surface area contributed by atoms with E-state index >= 15 is 0 Å². The summed E-state index contributed by atoms with van der Waals surface area (Å²) in [5.41, 5.74) is 3.19. The van der Waals surface area contributed by atoms with Crippen LogP contribution in [0.3, 0.4) is 0 Å². The molecule has 0 fully saturated rings. The SMILES string of the molecule is CCCCC/C=C\C/C=C\C(/C=C\C/C=C\CCCC(=O)O[C@H](CO)COP(=O)(O)OCC[N+](C)(C)C)C(c1ccccc1)(c1ccccc1)c1ccccc1. The number of aliphatic hydroxyl groups excluding tert-OH is 1. The molecule has 0 aliphatic rings. The largest absolute Gasteiger partial charge is 0.472 e. The number of likely N-dealkylation sites (N-methyl/N-ethyl adjacent to an activating group) is 1. The summed E-state index contributed by atoms with van der Waals surface area (Å²) in [7, 11) is 1.46. The van der Waals surface area contributed by atoms with E-state index in [1.807, 2.05) is 21.1 Å². The highest BCUT2D eigenvalue weighted by atomic mass is 31.2. The summed E-state index contributed by atoms with van der Waals surface area (Å²) in [6, 6.07) is 32.3. The lowest BCUT2D eigenvalue weighted by Crippen LogP contribution is -2.37. The molecule has 3 aromatic rings. The molecule has 0 bridgehead atoms. The maximum Gasteiger partial charge on any atom is 0.472 e. The van der Waals surface area contributed by atoms with E-state index in [9.17, 15) is 19.4 Å². The van der Waals surface area contributed by atoms with Crippen molar-refractivity contribution in [2.45, 2.75) is 76.2 Å². The molecular formula is C47H65NO7P+. The van der Waals surface area contributed by atoms with Gasteiger partial charge >= 0.3 is 13.8 Å². The Morgan fingerprint density at radius 1 is 0.732 bits per heavy atom. The minimum absolute atomic E-state index is 0.00357. The second-order valence-corrected chi connectivity index (χ2v) is 16.4. The number of phosphoric acid groups is 1. The maximum absolute atomic E-state index is 12.5. The summed E-state index contributed by atoms with van der Waals surface area (Å²) in [6.07, 6.45) is 24.7. The fourth-order valence-electron chi connectivity index (χ4n) is 6.46. The van der Waals surface area contributed by atoms with Crippen molar-refractivity contribution in [3.8, 4) is 0 Å². The van der Waals surface area contributed by atoms with Crippen molar-refractivity contribution in [1.82, 2.24) is 0 Å². The van der Waals surface area contributed by atoms with Crippen LogP contribution < -0.4 is 0 Å². The van der Waals surface area contributed by atoms with E-state index < -0.39 is 38.5 Å². The average molecular weight is 787 g/mol. The van der Waals surface area contributed by atoms with Gasteiger partial charge in [0.15, 0.2) is 0 Å². The molecule has 56 heavy (non-hydrogen) atoms. The molecule has 0 radical (unpaired) electrons. The number of allylic oxidation sites excluding steroid dienone is 8. The zero-order valence-electron chi connectivity index (χ0n) is 34.0. The number of phosphoric ester groups is 1. The smallest absolute Gasteiger partial charge is 0.457 e. The van der Waals surface area contributed by atoms with Crippen LogP contribution in [0.5, 0.6) is 0 Å². The zero-order valence-corrected chi connectivity index (χ0v) is 34.9. The van der Waals surface area contributed by atoms with Gasteiger partial charge in [-0.1, -0.05) is 159 Å². The third kappa shape index (κ3) is 16.7. The molecule has 0 heterocycles. The molecule has 0 aliphatic carbocycles. The topological polar surface area (TPSA) is 102 Å². The number of benzene rings is 3. The predicted molar refractivity (Wildman–Crippen MR) is 228 cm³/mol. The Hall–Kier alpha value is -3.88. The summed E-state index contributed by atoms with van der Waals surface area (Å²) >= 11 is 0. The van der Waals surface area contributed by atoms with Gasteiger partial charge in [0.1, 0.15) is 19.3 Å². The molecule has 0 saturated carbocycles. The Labute approximate surface area is 336 Å². The van der Waals surface area contributed by atoms with Crippen molar-refractivity contribution in [3.05, 3.63) is 156 Å². The van der Waals surface area contributed by atoms with Gasteiger partial charge in [-0.25, -0.2) is 4.57 Å². The maximum atomic E-state index is 12.5. The van der Waals surface area contributed by atoms with Gasteiger partial charge in [0.05, 0.1) is 39.8 Å². The van der Waals surface area contributed by atoms with Gasteiger partial charge < -0.3 is 19.2 Å². The number of hydrogen-bond donors (Lipinski definition) is 2. The molecular weight excluding hydrogens is 721 g/mol. The first-order chi connectivity index (χ1) is 27.0. The molecule has 0 aliphatic heterocycles. The lowest BCUT2D eigenvalue weighted by atomic mass is 9.61. The molecule has 9 heteroatoms. The fourth-order valence-corrected chi connectivity index (χ4v) is 7.20. The zero-order chi connectivity index (χ0) is 40.5. The van der Waals surface area contributed by atoms with Gasteiger partial charge in [-0.2, -0.15) is 0 Å². The van der Waals surface area contributed by atoms with Crippen LogP contribution in [0.4, 0.5) is 0 Å². The Morgan fingerprint density at radius 2 is 1.23 bits per heavy atom. The van der Waals surface area contributed by atoms with Crippen molar-refractivity contribution in [2.75, 3.05) is 47.5 Å². The number of carbonyl (C=O) groups is 1. The standard InChI is InChI=1S/C47H64NO7P/c1-5-6-7-8-9-10-13-19-28-41(47(42-30-21-16-22-31-42,43-32-23-17-24-33-43)44-34-25-18-26-35-44)29-20-14-11-12-15-27-36-46(50)55-45(39-49)40-54-56(51,52)53-38-37-48(2,3)4/h9-12,16-26,28-35,41,45,49H,5-8,13-15,27,36-40H2,1-4H3/p+1/b10-9-,12-11-,28-19-,29-20-/t41?,45-/m1/s1. The monoisotopic (exact) mass is 786 g/mol. The third-order valence-electron chi connectivity index (χ3n) is 9.42. The summed E-state index contributed by atoms with van der Waals surface area (Å²) < 4.78 is 28.0. The van der Waals surface area contributed by atoms with E-state index in [0.717, 1.165) is 19.3 Å². The normalized spacial score (nSPS) is 14.8. The van der Waals surface area contributed by atoms with E-state index in [-0.39, 0.29) is 18.9 Å². The number of esters is 1. The van der Waals surface area contributed by atoms with Crippen LogP contribution in [0.15, 0.2) is 140 Å². The molecule has 3 aromatic carbocycles. The molecule has 2 N–H and O–H groups in total. The Morgan fingerprint density at radius 3 is 1.70 bits per heavy atom. The number of unbranched alkanes of at least 4 members (excludes halogenated alkanes) is 4. The molecule has 304 valence electrons. The first-order valence-corrected chi connectivity index (χ1v) is 21.5. The molecule has 8 nitrogen and oxygen atoms in total. The molecule has 2 unspecified atom stereocenters. The highest BCUT2D eigenvalue weighted by Crippen LogP contribution is 2.47. The first kappa shape index (κ1) is 46.5. The minimum Gasteiger partial charge on any atom is -0.457 e. The lowest BCUT2D eigenvalue weighted by Gasteiger charge is -2.40. The Balaban J connectivity index is 1.68. The Bertz CT molecular complexity index is 1590. The fraction of sp³-hybridized carbons (Fsp3) is 0.426. The number of rotatable bonds is 27. The lowest BCUT2D eigenvalue weighted by molar-refractivity contribution is -0.870.